The van der Waals surface area contributed by atoms with Gasteiger partial charge in [-0.3, -0.25) is 9.36 Å². The molecule has 0 spiro atoms. The van der Waals surface area contributed by atoms with E-state index in [1.165, 1.54) is 7.11 Å². The summed E-state index contributed by atoms with van der Waals surface area (Å²) in [6.45, 7) is 3.60. The van der Waals surface area contributed by atoms with Crippen LogP contribution in [0.1, 0.15) is 28.0 Å². The molecule has 0 amide bonds. The molecule has 2 aromatic rings. The molecule has 0 fully saturated rings. The van der Waals surface area contributed by atoms with Crippen LogP contribution in [0.4, 0.5) is 0 Å². The normalized spacial score (nSPS) is 10.4. The van der Waals surface area contributed by atoms with E-state index < -0.39 is 5.97 Å². The molecule has 0 aliphatic rings. The number of fused-ring (bicyclic) bond motifs is 1. The first-order chi connectivity index (χ1) is 9.17. The lowest BCUT2D eigenvalue weighted by molar-refractivity contribution is 0.0600. The number of carbonyl (C=O) groups is 2. The number of allylic oxidation sites excluding steroid dienone is 1. The molecule has 0 aliphatic carbocycles. The minimum atomic E-state index is -0.409. The molecule has 1 heterocycles. The third-order valence-corrected chi connectivity index (χ3v) is 2.95. The van der Waals surface area contributed by atoms with Crippen LogP contribution in [0.2, 0.25) is 0 Å². The van der Waals surface area contributed by atoms with E-state index in [2.05, 4.69) is 11.3 Å². The van der Waals surface area contributed by atoms with Crippen molar-refractivity contribution in [2.24, 2.45) is 0 Å². The van der Waals surface area contributed by atoms with E-state index in [0.29, 0.717) is 18.4 Å². The Morgan fingerprint density at radius 2 is 2.16 bits per heavy atom. The summed E-state index contributed by atoms with van der Waals surface area (Å²) in [5, 5.41) is 0.916. The van der Waals surface area contributed by atoms with Crippen LogP contribution in [-0.4, -0.2) is 23.6 Å². The minimum absolute atomic E-state index is 0.0167. The summed E-state index contributed by atoms with van der Waals surface area (Å²) in [7, 11) is 1.33. The van der Waals surface area contributed by atoms with Crippen LogP contribution in [0.25, 0.3) is 10.9 Å². The second kappa shape index (κ2) is 5.52. The number of hydrogen-bond donors (Lipinski definition) is 0. The Hall–Kier alpha value is -2.36. The van der Waals surface area contributed by atoms with E-state index in [0.717, 1.165) is 10.9 Å². The van der Waals surface area contributed by atoms with Gasteiger partial charge in [-0.25, -0.2) is 4.79 Å². The average Bonchev–Trinajstić information content (AvgIpc) is 2.86. The lowest BCUT2D eigenvalue weighted by atomic mass is 10.1. The zero-order chi connectivity index (χ0) is 13.8. The summed E-state index contributed by atoms with van der Waals surface area (Å²) in [6.07, 6.45) is 4.46. The number of methoxy groups -OCH3 is 1. The predicted molar refractivity (Wildman–Crippen MR) is 73.3 cm³/mol. The van der Waals surface area contributed by atoms with Gasteiger partial charge in [-0.2, -0.15) is 0 Å². The summed E-state index contributed by atoms with van der Waals surface area (Å²) in [5.74, 6) is -0.426. The Morgan fingerprint density at radius 1 is 1.37 bits per heavy atom. The van der Waals surface area contributed by atoms with Crippen molar-refractivity contribution in [1.29, 1.82) is 0 Å². The van der Waals surface area contributed by atoms with Gasteiger partial charge in [0, 0.05) is 18.0 Å². The zero-order valence-corrected chi connectivity index (χ0v) is 10.8. The highest BCUT2D eigenvalue weighted by Gasteiger charge is 2.11. The van der Waals surface area contributed by atoms with Gasteiger partial charge in [-0.1, -0.05) is 12.1 Å². The summed E-state index contributed by atoms with van der Waals surface area (Å²) < 4.78 is 6.24. The van der Waals surface area contributed by atoms with Crippen molar-refractivity contribution in [3.05, 3.63) is 48.7 Å². The fraction of sp³-hybridized carbons (Fsp3) is 0.200. The summed E-state index contributed by atoms with van der Waals surface area (Å²) in [5.41, 5.74) is 1.16. The molecule has 0 unspecified atom stereocenters. The van der Waals surface area contributed by atoms with Gasteiger partial charge < -0.3 is 4.74 Å². The predicted octanol–water partition coefficient (Wildman–Crippen LogP) is 3.03. The summed E-state index contributed by atoms with van der Waals surface area (Å²) in [4.78, 5) is 23.5. The Bertz CT molecular complexity index is 640. The van der Waals surface area contributed by atoms with Gasteiger partial charge in [0.1, 0.15) is 0 Å². The van der Waals surface area contributed by atoms with Crippen molar-refractivity contribution in [2.45, 2.75) is 12.8 Å². The van der Waals surface area contributed by atoms with E-state index >= 15 is 0 Å². The molecule has 98 valence electrons. The topological polar surface area (TPSA) is 48.3 Å². The lowest BCUT2D eigenvalue weighted by Crippen LogP contribution is -2.09. The number of hydrogen-bond acceptors (Lipinski definition) is 3. The number of aromatic nitrogens is 1. The van der Waals surface area contributed by atoms with Crippen LogP contribution in [0.5, 0.6) is 0 Å². The zero-order valence-electron chi connectivity index (χ0n) is 10.8. The maximum absolute atomic E-state index is 12.0. The standard InChI is InChI=1S/C15H15NO3/c1-3-4-5-14(17)16-9-8-11-6-7-12(10-13(11)16)15(18)19-2/h3,6-10H,1,4-5H2,2H3. The average molecular weight is 257 g/mol. The first-order valence-electron chi connectivity index (χ1n) is 6.01. The Labute approximate surface area is 111 Å². The largest absolute Gasteiger partial charge is 0.465 e. The molecular formula is C15H15NO3. The molecule has 0 aliphatic heterocycles. The van der Waals surface area contributed by atoms with Crippen LogP contribution < -0.4 is 0 Å². The van der Waals surface area contributed by atoms with E-state index in [1.807, 2.05) is 6.07 Å². The van der Waals surface area contributed by atoms with Gasteiger partial charge >= 0.3 is 5.97 Å². The number of carbonyl (C=O) groups excluding carboxylic acids is 2. The van der Waals surface area contributed by atoms with E-state index in [-0.39, 0.29) is 5.91 Å². The van der Waals surface area contributed by atoms with Crippen LogP contribution in [0, 0.1) is 0 Å². The molecule has 0 N–H and O–H groups in total. The van der Waals surface area contributed by atoms with Crippen molar-refractivity contribution in [1.82, 2.24) is 4.57 Å². The molecule has 4 nitrogen and oxygen atoms in total. The molecule has 0 saturated carbocycles. The highest BCUT2D eigenvalue weighted by molar-refractivity contribution is 5.98. The highest BCUT2D eigenvalue weighted by atomic mass is 16.5. The molecule has 0 radical (unpaired) electrons. The number of esters is 1. The lowest BCUT2D eigenvalue weighted by Gasteiger charge is -2.04. The first-order valence-corrected chi connectivity index (χ1v) is 6.01. The Balaban J connectivity index is 2.42. The van der Waals surface area contributed by atoms with Gasteiger partial charge in [-0.05, 0) is 24.6 Å². The molecule has 0 bridgehead atoms. The third kappa shape index (κ3) is 2.57. The van der Waals surface area contributed by atoms with E-state index in [4.69, 9.17) is 0 Å². The molecule has 19 heavy (non-hydrogen) atoms. The first kappa shape index (κ1) is 13.1. The minimum Gasteiger partial charge on any atom is -0.465 e. The van der Waals surface area contributed by atoms with Crippen molar-refractivity contribution < 1.29 is 14.3 Å². The second-order valence-electron chi connectivity index (χ2n) is 4.17. The molecule has 4 heteroatoms. The summed E-state index contributed by atoms with van der Waals surface area (Å²) in [6, 6.07) is 7.01. The molecule has 0 atom stereocenters. The van der Waals surface area contributed by atoms with Crippen LogP contribution in [-0.2, 0) is 4.74 Å². The molecule has 1 aromatic heterocycles. The SMILES string of the molecule is C=CCCC(=O)n1ccc2ccc(C(=O)OC)cc21. The van der Waals surface area contributed by atoms with Gasteiger partial charge in [0.2, 0.25) is 5.91 Å². The maximum Gasteiger partial charge on any atom is 0.337 e. The number of nitrogens with zero attached hydrogens (tertiary/aromatic N) is 1. The number of rotatable bonds is 4. The van der Waals surface area contributed by atoms with Crippen molar-refractivity contribution in [2.75, 3.05) is 7.11 Å². The second-order valence-corrected chi connectivity index (χ2v) is 4.17. The third-order valence-electron chi connectivity index (χ3n) is 2.95. The van der Waals surface area contributed by atoms with E-state index in [9.17, 15) is 9.59 Å². The smallest absolute Gasteiger partial charge is 0.337 e. The van der Waals surface area contributed by atoms with Gasteiger partial charge in [0.25, 0.3) is 0 Å². The fourth-order valence-electron chi connectivity index (χ4n) is 1.94. The number of ether oxygens (including phenoxy) is 1. The van der Waals surface area contributed by atoms with Gasteiger partial charge in [0.05, 0.1) is 18.2 Å². The van der Waals surface area contributed by atoms with E-state index in [1.54, 1.807) is 35.0 Å². The van der Waals surface area contributed by atoms with Crippen LogP contribution in [0.3, 0.4) is 0 Å². The van der Waals surface area contributed by atoms with Crippen LogP contribution >= 0.6 is 0 Å². The summed E-state index contributed by atoms with van der Waals surface area (Å²) >= 11 is 0. The molecular weight excluding hydrogens is 242 g/mol. The van der Waals surface area contributed by atoms with Crippen molar-refractivity contribution >= 4 is 22.8 Å². The fourth-order valence-corrected chi connectivity index (χ4v) is 1.94. The monoisotopic (exact) mass is 257 g/mol. The molecule has 0 saturated heterocycles. The highest BCUT2D eigenvalue weighted by Crippen LogP contribution is 2.19. The van der Waals surface area contributed by atoms with Crippen molar-refractivity contribution in [3.63, 3.8) is 0 Å². The molecule has 2 rings (SSSR count). The maximum atomic E-state index is 12.0. The van der Waals surface area contributed by atoms with Gasteiger partial charge in [-0.15, -0.1) is 6.58 Å². The number of benzene rings is 1. The van der Waals surface area contributed by atoms with Crippen molar-refractivity contribution in [3.8, 4) is 0 Å². The van der Waals surface area contributed by atoms with Crippen LogP contribution in [0.15, 0.2) is 43.1 Å². The Morgan fingerprint density at radius 3 is 2.84 bits per heavy atom. The quantitative estimate of drug-likeness (QED) is 0.624. The molecule has 1 aromatic carbocycles. The Kier molecular flexibility index (Phi) is 3.80. The van der Waals surface area contributed by atoms with Gasteiger partial charge in [0.15, 0.2) is 0 Å².